The molecule has 2 aromatic rings. The fourth-order valence-electron chi connectivity index (χ4n) is 6.52. The highest BCUT2D eigenvalue weighted by Gasteiger charge is 2.50. The molecule has 2 amide bonds. The van der Waals surface area contributed by atoms with Gasteiger partial charge in [0.25, 0.3) is 0 Å². The number of fused-ring (bicyclic) bond motifs is 1. The number of carbonyl (C=O) groups is 3. The van der Waals surface area contributed by atoms with Crippen LogP contribution in [0.1, 0.15) is 110 Å². The number of carbonyl (C=O) groups excluding carboxylic acids is 3. The van der Waals surface area contributed by atoms with E-state index in [2.05, 4.69) is 34.4 Å². The largest absolute Gasteiger partial charge is 0.481 e. The van der Waals surface area contributed by atoms with Gasteiger partial charge in [0.1, 0.15) is 36.3 Å². The minimum atomic E-state index is -5.58. The second-order valence-electron chi connectivity index (χ2n) is 16.0. The van der Waals surface area contributed by atoms with Crippen molar-refractivity contribution in [2.75, 3.05) is 44.4 Å². The number of rotatable bonds is 33. The van der Waals surface area contributed by atoms with Gasteiger partial charge in [-0.25, -0.2) is 28.6 Å². The van der Waals surface area contributed by atoms with Crippen LogP contribution in [-0.4, -0.2) is 134 Å². The van der Waals surface area contributed by atoms with Crippen LogP contribution in [0.15, 0.2) is 12.7 Å². The van der Waals surface area contributed by atoms with E-state index in [4.69, 9.17) is 24.6 Å². The number of unbranched alkanes of at least 4 members (excludes halogenated alkanes) is 11. The van der Waals surface area contributed by atoms with Crippen LogP contribution in [0.2, 0.25) is 0 Å². The highest BCUT2D eigenvalue weighted by atomic mass is 32.2. The third-order valence-corrected chi connectivity index (χ3v) is 14.1. The molecule has 1 fully saturated rings. The Morgan fingerprint density at radius 2 is 1.48 bits per heavy atom. The predicted molar refractivity (Wildman–Crippen MR) is 234 cm³/mol. The normalized spacial score (nSPS) is 20.3. The van der Waals surface area contributed by atoms with Crippen molar-refractivity contribution in [2.45, 2.75) is 134 Å². The van der Waals surface area contributed by atoms with Crippen molar-refractivity contribution in [2.24, 2.45) is 5.41 Å². The molecular formula is C36H64N7O18P3S. The van der Waals surface area contributed by atoms with E-state index in [0.717, 1.165) is 67.5 Å². The number of aliphatic hydroxyl groups is 3. The summed E-state index contributed by atoms with van der Waals surface area (Å²) < 4.78 is 62.4. The van der Waals surface area contributed by atoms with Crippen molar-refractivity contribution in [1.29, 1.82) is 0 Å². The minimum Gasteiger partial charge on any atom is -0.396 e. The number of aliphatic hydroxyl groups excluding tert-OH is 3. The number of hydrogen-bond donors (Lipinski definition) is 10. The maximum Gasteiger partial charge on any atom is 0.481 e. The van der Waals surface area contributed by atoms with E-state index in [9.17, 15) is 57.9 Å². The molecule has 3 rings (SSSR count). The molecule has 1 aliphatic rings. The molecule has 0 radical (unpaired) electrons. The molecule has 25 nitrogen and oxygen atoms in total. The van der Waals surface area contributed by atoms with Crippen LogP contribution in [-0.2, 0) is 50.7 Å². The number of nitrogens with zero attached hydrogens (tertiary/aromatic N) is 4. The number of nitrogen functional groups attached to an aromatic ring is 1. The smallest absolute Gasteiger partial charge is 0.396 e. The molecule has 0 saturated carbocycles. The number of nitrogens with one attached hydrogen (secondary N) is 2. The summed E-state index contributed by atoms with van der Waals surface area (Å²) in [6, 6.07) is 0. The van der Waals surface area contributed by atoms with Gasteiger partial charge in [-0.15, -0.1) is 0 Å². The molecule has 2 aromatic heterocycles. The van der Waals surface area contributed by atoms with Crippen LogP contribution in [0.25, 0.3) is 11.2 Å². The number of ether oxygens (including phenoxy) is 1. The first-order chi connectivity index (χ1) is 30.6. The molecule has 0 bridgehead atoms. The van der Waals surface area contributed by atoms with Gasteiger partial charge >= 0.3 is 23.5 Å². The fourth-order valence-corrected chi connectivity index (χ4v) is 10.1. The third-order valence-electron chi connectivity index (χ3n) is 10.1. The molecule has 65 heavy (non-hydrogen) atoms. The van der Waals surface area contributed by atoms with E-state index < -0.39 is 84.6 Å². The number of phosphoric acid groups is 3. The number of aromatic nitrogens is 4. The van der Waals surface area contributed by atoms with Gasteiger partial charge < -0.3 is 56.0 Å². The molecule has 0 aliphatic carbocycles. The van der Waals surface area contributed by atoms with Gasteiger partial charge in [-0.2, -0.15) is 4.31 Å². The van der Waals surface area contributed by atoms with E-state index in [0.29, 0.717) is 12.2 Å². The Morgan fingerprint density at radius 3 is 2.09 bits per heavy atom. The number of anilines is 1. The Morgan fingerprint density at radius 1 is 0.877 bits per heavy atom. The van der Waals surface area contributed by atoms with Crippen LogP contribution < -0.4 is 16.4 Å². The highest BCUT2D eigenvalue weighted by Crippen LogP contribution is 2.61. The maximum atomic E-state index is 12.7. The van der Waals surface area contributed by atoms with Crippen molar-refractivity contribution in [1.82, 2.24) is 30.2 Å². The van der Waals surface area contributed by atoms with E-state index in [1.54, 1.807) is 0 Å². The quantitative estimate of drug-likeness (QED) is 0.0363. The molecular weight excluding hydrogens is 943 g/mol. The van der Waals surface area contributed by atoms with E-state index in [1.807, 2.05) is 0 Å². The second-order valence-corrected chi connectivity index (χ2v) is 21.4. The molecule has 7 atom stereocenters. The summed E-state index contributed by atoms with van der Waals surface area (Å²) in [4.78, 5) is 88.2. The lowest BCUT2D eigenvalue weighted by Gasteiger charge is -2.30. The van der Waals surface area contributed by atoms with Crippen LogP contribution in [0.5, 0.6) is 0 Å². The lowest BCUT2D eigenvalue weighted by atomic mass is 9.87. The Labute approximate surface area is 380 Å². The van der Waals surface area contributed by atoms with Crippen LogP contribution in [0.4, 0.5) is 5.82 Å². The zero-order valence-electron chi connectivity index (χ0n) is 36.4. The summed E-state index contributed by atoms with van der Waals surface area (Å²) in [5, 5.41) is 35.4. The second kappa shape index (κ2) is 27.5. The van der Waals surface area contributed by atoms with Crippen LogP contribution in [0.3, 0.4) is 0 Å². The van der Waals surface area contributed by atoms with E-state index in [1.165, 1.54) is 52.4 Å². The molecule has 1 aliphatic heterocycles. The Balaban J connectivity index is 1.32. The number of imidazole rings is 1. The summed E-state index contributed by atoms with van der Waals surface area (Å²) in [6.45, 7) is 0.815. The van der Waals surface area contributed by atoms with Crippen molar-refractivity contribution in [3.63, 3.8) is 0 Å². The summed E-state index contributed by atoms with van der Waals surface area (Å²) in [6.07, 6.45) is 6.90. The van der Waals surface area contributed by atoms with E-state index >= 15 is 0 Å². The Kier molecular flexibility index (Phi) is 24.0. The van der Waals surface area contributed by atoms with Crippen molar-refractivity contribution < 1.29 is 85.6 Å². The lowest BCUT2D eigenvalue weighted by molar-refractivity contribution is -0.137. The molecule has 1 saturated heterocycles. The predicted octanol–water partition coefficient (Wildman–Crippen LogP) is 2.73. The Bertz CT molecular complexity index is 1960. The van der Waals surface area contributed by atoms with Crippen molar-refractivity contribution in [3.05, 3.63) is 12.7 Å². The zero-order valence-corrected chi connectivity index (χ0v) is 39.9. The number of hydrogen-bond acceptors (Lipinski definition) is 19. The molecule has 0 aromatic carbocycles. The van der Waals surface area contributed by atoms with Gasteiger partial charge in [-0.05, 0) is 12.8 Å². The van der Waals surface area contributed by atoms with Gasteiger partial charge in [0.15, 0.2) is 22.8 Å². The summed E-state index contributed by atoms with van der Waals surface area (Å²) in [5.41, 5.74) is 4.28. The molecule has 0 spiro atoms. The number of phosphoric ester groups is 3. The highest BCUT2D eigenvalue weighted by molar-refractivity contribution is 8.13. The molecule has 29 heteroatoms. The minimum absolute atomic E-state index is 0.0311. The average Bonchev–Trinajstić information content (AvgIpc) is 3.79. The SMILES string of the molecule is CC(C)(COP(=O)(O)OP(=O)(O)OC[C@H]1O[C@@H](n2cnc3c(N)ncnc32)[C@H](O)[C@@H]1OP(=O)(O)O)[C@@H](O)C(=O)NCCC(=O)NCCSC(=O)CCCCCCCCCCCCCCO. The first-order valence-electron chi connectivity index (χ1n) is 21.2. The average molecular weight is 1010 g/mol. The number of thioether (sulfide) groups is 1. The molecule has 2 unspecified atom stereocenters. The summed E-state index contributed by atoms with van der Waals surface area (Å²) in [7, 11) is -16.4. The van der Waals surface area contributed by atoms with Gasteiger partial charge in [-0.3, -0.25) is 32.5 Å². The van der Waals surface area contributed by atoms with Gasteiger partial charge in [0.2, 0.25) is 11.8 Å². The molecule has 3 heterocycles. The zero-order chi connectivity index (χ0) is 48.3. The lowest BCUT2D eigenvalue weighted by Crippen LogP contribution is -2.46. The van der Waals surface area contributed by atoms with Gasteiger partial charge in [-0.1, -0.05) is 89.8 Å². The number of amides is 2. The van der Waals surface area contributed by atoms with Crippen molar-refractivity contribution in [3.8, 4) is 0 Å². The van der Waals surface area contributed by atoms with Gasteiger partial charge in [0, 0.05) is 43.7 Å². The third kappa shape index (κ3) is 20.7. The summed E-state index contributed by atoms with van der Waals surface area (Å²) in [5.74, 6) is -1.05. The summed E-state index contributed by atoms with van der Waals surface area (Å²) >= 11 is 1.14. The monoisotopic (exact) mass is 1010 g/mol. The maximum absolute atomic E-state index is 12.7. The van der Waals surface area contributed by atoms with Crippen LogP contribution in [0, 0.1) is 5.41 Å². The topological polar surface area (TPSA) is 384 Å². The first-order valence-corrected chi connectivity index (χ1v) is 26.7. The Hall–Kier alpha value is -2.48. The molecule has 372 valence electrons. The first kappa shape index (κ1) is 56.8. The van der Waals surface area contributed by atoms with Crippen molar-refractivity contribution >= 4 is 69.1 Å². The number of nitrogens with two attached hydrogens (primary N) is 1. The standard InChI is InChI=1S/C36H64N7O18P3S/c1-36(2,31(48)34(49)39-17-16-26(45)38-18-20-65-27(46)15-13-11-9-7-5-3-4-6-8-10-12-14-19-44)22-58-64(55,56)61-63(53,54)57-21-25-30(60-62(50,51)52)29(47)35(59-25)43-24-42-28-32(37)40-23-41-33(28)43/h23-25,29-31,35,44,47-48H,3-22H2,1-2H3,(H,38,45)(H,39,49)(H,53,54)(H,55,56)(H2,37,40,41)(H2,50,51,52)/t25-,29-,30-,31+,35-/m1/s1. The van der Waals surface area contributed by atoms with Gasteiger partial charge in [0.05, 0.1) is 19.5 Å². The fraction of sp³-hybridized carbons (Fsp3) is 0.778. The van der Waals surface area contributed by atoms with Crippen LogP contribution >= 0.6 is 35.2 Å². The molecule has 11 N–H and O–H groups in total. The van der Waals surface area contributed by atoms with E-state index in [-0.39, 0.29) is 48.2 Å².